The van der Waals surface area contributed by atoms with Crippen LogP contribution in [0.15, 0.2) is 24.4 Å². The van der Waals surface area contributed by atoms with Crippen molar-refractivity contribution >= 4 is 35.0 Å². The minimum absolute atomic E-state index is 0.0301. The highest BCUT2D eigenvalue weighted by molar-refractivity contribution is 6.14. The highest BCUT2D eigenvalue weighted by Gasteiger charge is 2.56. The van der Waals surface area contributed by atoms with Gasteiger partial charge in [-0.25, -0.2) is 9.37 Å². The summed E-state index contributed by atoms with van der Waals surface area (Å²) in [5.41, 5.74) is 0.894. The predicted molar refractivity (Wildman–Crippen MR) is 144 cm³/mol. The highest BCUT2D eigenvalue weighted by atomic mass is 19.1. The summed E-state index contributed by atoms with van der Waals surface area (Å²) < 4.78 is 15.2. The number of fused-ring (bicyclic) bond motifs is 1. The van der Waals surface area contributed by atoms with E-state index in [0.29, 0.717) is 48.6 Å². The van der Waals surface area contributed by atoms with E-state index >= 15 is 4.39 Å². The maximum atomic E-state index is 15.2. The zero-order valence-corrected chi connectivity index (χ0v) is 22.2. The number of amides is 2. The minimum Gasteiger partial charge on any atom is -0.367 e. The molecule has 1 atom stereocenters. The molecule has 1 spiro atoms. The van der Waals surface area contributed by atoms with E-state index in [1.54, 1.807) is 17.2 Å². The first-order chi connectivity index (χ1) is 18.4. The Morgan fingerprint density at radius 2 is 1.89 bits per heavy atom. The molecule has 2 saturated heterocycles. The summed E-state index contributed by atoms with van der Waals surface area (Å²) in [6, 6.07) is 5.64. The SMILES string of the molecule is CC(C)N1CCN(c2ccc(Nc3ncc4c(n3)N(C3CCCC3)C(=O)[C@@]3(CCNC3=O)C4)cc2F)CC1. The molecule has 10 heteroatoms. The lowest BCUT2D eigenvalue weighted by Crippen LogP contribution is -2.56. The summed E-state index contributed by atoms with van der Waals surface area (Å²) in [5, 5.41) is 5.99. The van der Waals surface area contributed by atoms with Crippen molar-refractivity contribution in [2.75, 3.05) is 47.8 Å². The van der Waals surface area contributed by atoms with Gasteiger partial charge >= 0.3 is 0 Å². The van der Waals surface area contributed by atoms with E-state index in [2.05, 4.69) is 39.3 Å². The standard InChI is InChI=1S/C28H36FN7O2/c1-18(2)34-11-13-35(14-12-34)23-8-7-20(15-22(23)29)32-27-31-17-19-16-28(9-10-30-25(28)37)26(38)36(24(19)33-27)21-5-3-4-6-21/h7-8,15,17-18,21H,3-6,9-14,16H2,1-2H3,(H,30,37)(H,31,32,33)/t28-/m0/s1. The average Bonchev–Trinajstić information content (AvgIpc) is 3.56. The van der Waals surface area contributed by atoms with Crippen molar-refractivity contribution in [3.8, 4) is 0 Å². The highest BCUT2D eigenvalue weighted by Crippen LogP contribution is 2.44. The first kappa shape index (κ1) is 25.0. The van der Waals surface area contributed by atoms with Gasteiger partial charge in [0.2, 0.25) is 17.8 Å². The number of hydrogen-bond donors (Lipinski definition) is 2. The summed E-state index contributed by atoms with van der Waals surface area (Å²) in [4.78, 5) is 42.1. The van der Waals surface area contributed by atoms with Gasteiger partial charge in [0.1, 0.15) is 17.1 Å². The fourth-order valence-electron chi connectivity index (χ4n) is 6.51. The van der Waals surface area contributed by atoms with Gasteiger partial charge in [0.15, 0.2) is 0 Å². The molecule has 1 aliphatic carbocycles. The third-order valence-electron chi connectivity index (χ3n) is 8.74. The Hall–Kier alpha value is -3.27. The van der Waals surface area contributed by atoms with Crippen molar-refractivity contribution in [3.63, 3.8) is 0 Å². The number of carbonyl (C=O) groups excluding carboxylic acids is 2. The quantitative estimate of drug-likeness (QED) is 0.584. The number of hydrogen-bond acceptors (Lipinski definition) is 7. The number of benzene rings is 1. The van der Waals surface area contributed by atoms with E-state index < -0.39 is 5.41 Å². The molecule has 6 rings (SSSR count). The Morgan fingerprint density at radius 1 is 1.13 bits per heavy atom. The van der Waals surface area contributed by atoms with Crippen LogP contribution in [0.25, 0.3) is 0 Å². The summed E-state index contributed by atoms with van der Waals surface area (Å²) >= 11 is 0. The Labute approximate surface area is 222 Å². The van der Waals surface area contributed by atoms with Gasteiger partial charge in [0, 0.05) is 68.7 Å². The normalized spacial score (nSPS) is 24.4. The predicted octanol–water partition coefficient (Wildman–Crippen LogP) is 3.23. The monoisotopic (exact) mass is 521 g/mol. The van der Waals surface area contributed by atoms with Crippen LogP contribution in [0.1, 0.15) is 51.5 Å². The van der Waals surface area contributed by atoms with E-state index in [1.165, 1.54) is 6.07 Å². The number of halogens is 1. The molecule has 1 saturated carbocycles. The molecule has 3 fully saturated rings. The topological polar surface area (TPSA) is 93.7 Å². The van der Waals surface area contributed by atoms with Crippen molar-refractivity contribution in [3.05, 3.63) is 35.8 Å². The second-order valence-corrected chi connectivity index (χ2v) is 11.3. The van der Waals surface area contributed by atoms with Crippen LogP contribution >= 0.6 is 0 Å². The maximum absolute atomic E-state index is 15.2. The molecular formula is C28H36FN7O2. The Morgan fingerprint density at radius 3 is 2.55 bits per heavy atom. The van der Waals surface area contributed by atoms with Crippen molar-refractivity contribution in [2.24, 2.45) is 5.41 Å². The molecular weight excluding hydrogens is 485 g/mol. The lowest BCUT2D eigenvalue weighted by atomic mass is 9.76. The van der Waals surface area contributed by atoms with Crippen LogP contribution in [-0.2, 0) is 16.0 Å². The molecule has 0 radical (unpaired) electrons. The minimum atomic E-state index is -1.06. The van der Waals surface area contributed by atoms with Crippen LogP contribution < -0.4 is 20.4 Å². The molecule has 4 aliphatic rings. The number of piperazine rings is 1. The van der Waals surface area contributed by atoms with Gasteiger partial charge in [-0.15, -0.1) is 0 Å². The summed E-state index contributed by atoms with van der Waals surface area (Å²) in [6.45, 7) is 8.30. The zero-order valence-electron chi connectivity index (χ0n) is 22.2. The number of anilines is 4. The molecule has 3 aliphatic heterocycles. The van der Waals surface area contributed by atoms with Gasteiger partial charge in [0.25, 0.3) is 0 Å². The third kappa shape index (κ3) is 4.28. The van der Waals surface area contributed by atoms with Crippen LogP contribution in [0.3, 0.4) is 0 Å². The van der Waals surface area contributed by atoms with E-state index in [-0.39, 0.29) is 23.7 Å². The van der Waals surface area contributed by atoms with Crippen LogP contribution in [0.4, 0.5) is 27.5 Å². The van der Waals surface area contributed by atoms with Gasteiger partial charge < -0.3 is 15.5 Å². The van der Waals surface area contributed by atoms with Crippen LogP contribution in [0, 0.1) is 11.2 Å². The molecule has 1 aromatic carbocycles. The van der Waals surface area contributed by atoms with Gasteiger partial charge in [-0.1, -0.05) is 12.8 Å². The Bertz CT molecular complexity index is 1240. The van der Waals surface area contributed by atoms with E-state index in [9.17, 15) is 9.59 Å². The maximum Gasteiger partial charge on any atom is 0.244 e. The molecule has 2 aromatic rings. The van der Waals surface area contributed by atoms with Crippen molar-refractivity contribution in [2.45, 2.75) is 64.5 Å². The Balaban J connectivity index is 1.24. The molecule has 0 unspecified atom stereocenters. The largest absolute Gasteiger partial charge is 0.367 e. The molecule has 2 amide bonds. The summed E-state index contributed by atoms with van der Waals surface area (Å²) in [5.74, 6) is 0.251. The number of nitrogens with zero attached hydrogens (tertiary/aromatic N) is 5. The zero-order chi connectivity index (χ0) is 26.4. The second kappa shape index (κ2) is 9.80. The van der Waals surface area contributed by atoms with Crippen LogP contribution in [0.5, 0.6) is 0 Å². The lowest BCUT2D eigenvalue weighted by Gasteiger charge is -2.40. The van der Waals surface area contributed by atoms with Crippen LogP contribution in [-0.4, -0.2) is 71.5 Å². The second-order valence-electron chi connectivity index (χ2n) is 11.3. The lowest BCUT2D eigenvalue weighted by molar-refractivity contribution is -0.140. The van der Waals surface area contributed by atoms with Gasteiger partial charge in [-0.05, 0) is 51.3 Å². The summed E-state index contributed by atoms with van der Waals surface area (Å²) in [6.07, 6.45) is 6.41. The van der Waals surface area contributed by atoms with Gasteiger partial charge in [-0.2, -0.15) is 4.98 Å². The van der Waals surface area contributed by atoms with E-state index in [4.69, 9.17) is 4.98 Å². The molecule has 1 aromatic heterocycles. The number of carbonyl (C=O) groups is 2. The van der Waals surface area contributed by atoms with E-state index in [1.807, 2.05) is 6.07 Å². The fraction of sp³-hybridized carbons (Fsp3) is 0.571. The number of aromatic nitrogens is 2. The number of rotatable bonds is 5. The Kier molecular flexibility index (Phi) is 6.45. The molecule has 38 heavy (non-hydrogen) atoms. The first-order valence-corrected chi connectivity index (χ1v) is 13.9. The van der Waals surface area contributed by atoms with Gasteiger partial charge in [0.05, 0.1) is 5.69 Å². The molecule has 202 valence electrons. The molecule has 9 nitrogen and oxygen atoms in total. The van der Waals surface area contributed by atoms with E-state index in [0.717, 1.165) is 57.4 Å². The van der Waals surface area contributed by atoms with Crippen LogP contribution in [0.2, 0.25) is 0 Å². The van der Waals surface area contributed by atoms with Crippen molar-refractivity contribution in [1.29, 1.82) is 0 Å². The van der Waals surface area contributed by atoms with Gasteiger partial charge in [-0.3, -0.25) is 19.4 Å². The summed E-state index contributed by atoms with van der Waals surface area (Å²) in [7, 11) is 0. The van der Waals surface area contributed by atoms with Crippen molar-refractivity contribution in [1.82, 2.24) is 20.2 Å². The number of nitrogens with one attached hydrogen (secondary N) is 2. The fourth-order valence-corrected chi connectivity index (χ4v) is 6.51. The average molecular weight is 522 g/mol. The molecule has 4 heterocycles. The third-order valence-corrected chi connectivity index (χ3v) is 8.74. The van der Waals surface area contributed by atoms with Crippen molar-refractivity contribution < 1.29 is 14.0 Å². The molecule has 2 N–H and O–H groups in total. The first-order valence-electron chi connectivity index (χ1n) is 13.9. The molecule has 0 bridgehead atoms. The smallest absolute Gasteiger partial charge is 0.244 e.